The Morgan fingerprint density at radius 2 is 2.03 bits per heavy atom. The normalized spacial score (nSPS) is 16.7. The van der Waals surface area contributed by atoms with Crippen LogP contribution in [-0.4, -0.2) is 61.8 Å². The molecule has 0 fully saturated rings. The maximum Gasteiger partial charge on any atom is 0.410 e. The highest BCUT2D eigenvalue weighted by atomic mass is 16.6. The highest BCUT2D eigenvalue weighted by Crippen LogP contribution is 2.33. The van der Waals surface area contributed by atoms with Gasteiger partial charge in [-0.05, 0) is 51.5 Å². The molecule has 0 radical (unpaired) electrons. The molecule has 158 valence electrons. The van der Waals surface area contributed by atoms with Gasteiger partial charge in [0, 0.05) is 20.2 Å². The molecule has 1 aliphatic rings. The average Bonchev–Trinajstić information content (AvgIpc) is 2.76. The minimum atomic E-state index is -0.833. The van der Waals surface area contributed by atoms with Crippen molar-refractivity contribution in [3.8, 4) is 5.75 Å². The van der Waals surface area contributed by atoms with Gasteiger partial charge < -0.3 is 19.1 Å². The molecule has 8 nitrogen and oxygen atoms in total. The number of nitrogens with zero attached hydrogens (tertiary/aromatic N) is 2. The van der Waals surface area contributed by atoms with Gasteiger partial charge in [0.2, 0.25) is 0 Å². The van der Waals surface area contributed by atoms with E-state index in [1.807, 2.05) is 0 Å². The molecule has 1 aromatic carbocycles. The first-order valence-corrected chi connectivity index (χ1v) is 9.38. The molecule has 0 aromatic heterocycles. The van der Waals surface area contributed by atoms with E-state index in [2.05, 4.69) is 0 Å². The Labute approximate surface area is 171 Å². The summed E-state index contributed by atoms with van der Waals surface area (Å²) in [5, 5.41) is 0. The largest absolute Gasteiger partial charge is 0.489 e. The summed E-state index contributed by atoms with van der Waals surface area (Å²) in [6.45, 7) is 7.32. The zero-order valence-electron chi connectivity index (χ0n) is 17.7. The molecule has 0 bridgehead atoms. The fourth-order valence-corrected chi connectivity index (χ4v) is 2.70. The molecular formula is C21H28N2O6. The number of hydrogen-bond donors (Lipinski definition) is 0. The van der Waals surface area contributed by atoms with Crippen LogP contribution in [0, 0.1) is 0 Å². The molecule has 1 aromatic rings. The zero-order valence-corrected chi connectivity index (χ0v) is 17.7. The molecule has 1 atom stereocenters. The number of amides is 2. The van der Waals surface area contributed by atoms with Crippen molar-refractivity contribution in [2.75, 3.05) is 32.2 Å². The zero-order chi connectivity index (χ0) is 21.8. The van der Waals surface area contributed by atoms with Gasteiger partial charge in [0.1, 0.15) is 24.0 Å². The second-order valence-electron chi connectivity index (χ2n) is 7.63. The Morgan fingerprint density at radius 1 is 1.34 bits per heavy atom. The predicted molar refractivity (Wildman–Crippen MR) is 109 cm³/mol. The van der Waals surface area contributed by atoms with Gasteiger partial charge in [0.15, 0.2) is 0 Å². The number of likely N-dealkylation sites (N-methyl/N-ethyl adjacent to an activating group) is 2. The molecule has 1 aliphatic heterocycles. The number of carbonyl (C=O) groups is 3. The lowest BCUT2D eigenvalue weighted by Crippen LogP contribution is -2.51. The topological polar surface area (TPSA) is 85.4 Å². The van der Waals surface area contributed by atoms with Gasteiger partial charge in [-0.15, -0.1) is 0 Å². The minimum Gasteiger partial charge on any atom is -0.489 e. The van der Waals surface area contributed by atoms with Crippen molar-refractivity contribution in [1.82, 2.24) is 4.90 Å². The monoisotopic (exact) mass is 404 g/mol. The van der Waals surface area contributed by atoms with Crippen LogP contribution in [0.15, 0.2) is 24.3 Å². The van der Waals surface area contributed by atoms with Crippen molar-refractivity contribution in [1.29, 1.82) is 0 Å². The van der Waals surface area contributed by atoms with Crippen molar-refractivity contribution in [2.24, 2.45) is 0 Å². The number of anilines is 1. The number of carbonyl (C=O) groups excluding carboxylic acids is 3. The van der Waals surface area contributed by atoms with Gasteiger partial charge >= 0.3 is 12.1 Å². The van der Waals surface area contributed by atoms with E-state index in [1.165, 1.54) is 22.9 Å². The third-order valence-electron chi connectivity index (χ3n) is 4.20. The molecule has 0 aliphatic carbocycles. The first-order valence-electron chi connectivity index (χ1n) is 9.38. The van der Waals surface area contributed by atoms with Crippen LogP contribution in [0.25, 0.3) is 6.08 Å². The van der Waals surface area contributed by atoms with E-state index in [4.69, 9.17) is 14.2 Å². The lowest BCUT2D eigenvalue weighted by molar-refractivity contribution is -0.137. The number of benzene rings is 1. The smallest absolute Gasteiger partial charge is 0.410 e. The molecule has 1 heterocycles. The summed E-state index contributed by atoms with van der Waals surface area (Å²) < 4.78 is 16.0. The summed E-state index contributed by atoms with van der Waals surface area (Å²) >= 11 is 0. The molecule has 29 heavy (non-hydrogen) atoms. The van der Waals surface area contributed by atoms with Crippen molar-refractivity contribution in [2.45, 2.75) is 39.3 Å². The Bertz CT molecular complexity index is 812. The highest BCUT2D eigenvalue weighted by molar-refractivity contribution is 6.00. The maximum atomic E-state index is 13.0. The Kier molecular flexibility index (Phi) is 6.89. The number of rotatable bonds is 4. The van der Waals surface area contributed by atoms with Gasteiger partial charge in [-0.3, -0.25) is 9.69 Å². The summed E-state index contributed by atoms with van der Waals surface area (Å²) in [6, 6.07) is 4.39. The third-order valence-corrected chi connectivity index (χ3v) is 4.20. The highest BCUT2D eigenvalue weighted by Gasteiger charge is 2.36. The van der Waals surface area contributed by atoms with Crippen LogP contribution < -0.4 is 9.64 Å². The minimum absolute atomic E-state index is 0.00390. The van der Waals surface area contributed by atoms with Gasteiger partial charge in [0.05, 0.1) is 12.3 Å². The molecule has 0 saturated carbocycles. The van der Waals surface area contributed by atoms with Crippen molar-refractivity contribution in [3.63, 3.8) is 0 Å². The molecule has 0 unspecified atom stereocenters. The van der Waals surface area contributed by atoms with Crippen LogP contribution in [0.5, 0.6) is 5.75 Å². The van der Waals surface area contributed by atoms with Crippen LogP contribution in [0.3, 0.4) is 0 Å². The quantitative estimate of drug-likeness (QED) is 0.567. The van der Waals surface area contributed by atoms with Gasteiger partial charge in [-0.25, -0.2) is 9.59 Å². The van der Waals surface area contributed by atoms with Crippen molar-refractivity contribution >= 4 is 29.7 Å². The average molecular weight is 404 g/mol. The second kappa shape index (κ2) is 8.98. The fraction of sp³-hybridized carbons (Fsp3) is 0.476. The maximum absolute atomic E-state index is 13.0. The molecule has 2 rings (SSSR count). The number of fused-ring (bicyclic) bond motifs is 1. The van der Waals surface area contributed by atoms with E-state index in [0.717, 1.165) is 0 Å². The number of hydrogen-bond acceptors (Lipinski definition) is 6. The van der Waals surface area contributed by atoms with Crippen LogP contribution in [-0.2, 0) is 19.1 Å². The van der Waals surface area contributed by atoms with E-state index < -0.39 is 23.7 Å². The van der Waals surface area contributed by atoms with Crippen LogP contribution in [0.1, 0.15) is 33.3 Å². The molecule has 0 N–H and O–H groups in total. The lowest BCUT2D eigenvalue weighted by Gasteiger charge is -2.30. The standard InChI is InChI=1S/C21H28N2O6/c1-7-27-18(24)11-9-14-8-10-17-15(12-14)22(5)19(25)16(13-28-17)23(6)20(26)29-21(2,3)4/h8-12,16H,7,13H2,1-6H3/b11-9-/t16-/m0/s1. The Morgan fingerprint density at radius 3 is 2.66 bits per heavy atom. The Hall–Kier alpha value is -3.03. The second-order valence-corrected chi connectivity index (χ2v) is 7.63. The van der Waals surface area contributed by atoms with Crippen molar-refractivity contribution < 1.29 is 28.6 Å². The van der Waals surface area contributed by atoms with E-state index >= 15 is 0 Å². The van der Waals surface area contributed by atoms with Gasteiger partial charge in [0.25, 0.3) is 5.91 Å². The fourth-order valence-electron chi connectivity index (χ4n) is 2.70. The molecule has 0 saturated heterocycles. The third kappa shape index (κ3) is 5.73. The van der Waals surface area contributed by atoms with Gasteiger partial charge in [-0.2, -0.15) is 0 Å². The summed E-state index contributed by atoms with van der Waals surface area (Å²) in [7, 11) is 3.13. The lowest BCUT2D eigenvalue weighted by atomic mass is 10.1. The van der Waals surface area contributed by atoms with E-state index in [-0.39, 0.29) is 12.5 Å². The molecule has 2 amide bonds. The first-order chi connectivity index (χ1) is 13.5. The molecule has 0 spiro atoms. The molecular weight excluding hydrogens is 376 g/mol. The summed E-state index contributed by atoms with van der Waals surface area (Å²) in [4.78, 5) is 39.6. The van der Waals surface area contributed by atoms with Crippen LogP contribution in [0.4, 0.5) is 10.5 Å². The number of ether oxygens (including phenoxy) is 3. The summed E-state index contributed by atoms with van der Waals surface area (Å²) in [5.74, 6) is -0.236. The van der Waals surface area contributed by atoms with Crippen molar-refractivity contribution in [3.05, 3.63) is 29.8 Å². The van der Waals surface area contributed by atoms with E-state index in [1.54, 1.807) is 59.0 Å². The molecule has 8 heteroatoms. The van der Waals surface area contributed by atoms with Crippen LogP contribution in [0.2, 0.25) is 0 Å². The van der Waals surface area contributed by atoms with E-state index in [9.17, 15) is 14.4 Å². The SMILES string of the molecule is CCOC(=O)/C=C\c1ccc2c(c1)N(C)C(=O)[C@@H](N(C)C(=O)OC(C)(C)C)CO2. The predicted octanol–water partition coefficient (Wildman–Crippen LogP) is 2.85. The first kappa shape index (κ1) is 22.3. The van der Waals surface area contributed by atoms with E-state index in [0.29, 0.717) is 23.6 Å². The van der Waals surface area contributed by atoms with Gasteiger partial charge in [-0.1, -0.05) is 6.07 Å². The number of esters is 1. The summed E-state index contributed by atoms with van der Waals surface area (Å²) in [5.41, 5.74) is 0.578. The Balaban J connectivity index is 2.22. The van der Waals surface area contributed by atoms with Crippen LogP contribution >= 0.6 is 0 Å². The summed E-state index contributed by atoms with van der Waals surface area (Å²) in [6.07, 6.45) is 2.33.